The summed E-state index contributed by atoms with van der Waals surface area (Å²) in [7, 11) is 0. The highest BCUT2D eigenvalue weighted by Gasteiger charge is 2.04. The molecule has 0 aromatic carbocycles. The van der Waals surface area contributed by atoms with Crippen molar-refractivity contribution in [2.24, 2.45) is 0 Å². The van der Waals surface area contributed by atoms with Gasteiger partial charge in [-0.1, -0.05) is 25.8 Å². The van der Waals surface area contributed by atoms with Crippen molar-refractivity contribution in [3.8, 4) is 9.75 Å². The summed E-state index contributed by atoms with van der Waals surface area (Å²) in [6.07, 6.45) is 7.02. The maximum atomic E-state index is 4.47. The highest BCUT2D eigenvalue weighted by atomic mass is 32.1. The number of hydrogen-bond acceptors (Lipinski definition) is 3. The van der Waals surface area contributed by atoms with Gasteiger partial charge >= 0.3 is 0 Å². The van der Waals surface area contributed by atoms with E-state index >= 15 is 0 Å². The Labute approximate surface area is 98.8 Å². The van der Waals surface area contributed by atoms with Crippen LogP contribution in [0.25, 0.3) is 9.75 Å². The summed E-state index contributed by atoms with van der Waals surface area (Å²) in [4.78, 5) is 7.13. The molecule has 0 bridgehead atoms. The number of aromatic nitrogens is 1. The Balaban J connectivity index is 1.98. The van der Waals surface area contributed by atoms with Crippen molar-refractivity contribution in [3.05, 3.63) is 28.7 Å². The topological polar surface area (TPSA) is 12.9 Å². The Morgan fingerprint density at radius 3 is 2.93 bits per heavy atom. The van der Waals surface area contributed by atoms with Crippen LogP contribution >= 0.6 is 22.7 Å². The van der Waals surface area contributed by atoms with Crippen LogP contribution in [0.4, 0.5) is 0 Å². The Hall–Kier alpha value is -0.670. The second-order valence-corrected chi connectivity index (χ2v) is 5.62. The molecule has 0 fully saturated rings. The van der Waals surface area contributed by atoms with Crippen molar-refractivity contribution in [2.45, 2.75) is 32.6 Å². The molecule has 0 N–H and O–H groups in total. The molecular formula is C12H15NS2. The molecule has 0 unspecified atom stereocenters. The fraction of sp³-hybridized carbons (Fsp3) is 0.417. The van der Waals surface area contributed by atoms with Gasteiger partial charge in [0.05, 0.1) is 9.88 Å². The number of nitrogens with zero attached hydrogens (tertiary/aromatic N) is 1. The lowest BCUT2D eigenvalue weighted by molar-refractivity contribution is 0.715. The Bertz CT molecular complexity index is 389. The summed E-state index contributed by atoms with van der Waals surface area (Å²) < 4.78 is 0. The van der Waals surface area contributed by atoms with Crippen LogP contribution in [0.3, 0.4) is 0 Å². The number of thiazole rings is 1. The van der Waals surface area contributed by atoms with E-state index in [0.717, 1.165) is 6.42 Å². The fourth-order valence-corrected chi connectivity index (χ4v) is 3.26. The molecule has 80 valence electrons. The standard InChI is InChI=1S/C12H15NS2/c1-2-3-4-7-12-13-9-11(15-12)10-6-5-8-14-10/h5-6,8-9H,2-4,7H2,1H3. The number of unbranched alkanes of at least 4 members (excludes halogenated alkanes) is 2. The Kier molecular flexibility index (Phi) is 3.92. The first-order valence-electron chi connectivity index (χ1n) is 5.38. The van der Waals surface area contributed by atoms with Crippen molar-refractivity contribution in [3.63, 3.8) is 0 Å². The van der Waals surface area contributed by atoms with E-state index in [9.17, 15) is 0 Å². The van der Waals surface area contributed by atoms with Crippen LogP contribution < -0.4 is 0 Å². The third kappa shape index (κ3) is 2.89. The number of hydrogen-bond donors (Lipinski definition) is 0. The van der Waals surface area contributed by atoms with Gasteiger partial charge in [-0.15, -0.1) is 22.7 Å². The molecule has 15 heavy (non-hydrogen) atoms. The molecule has 3 heteroatoms. The SMILES string of the molecule is CCCCCc1ncc(-c2cccs2)s1. The van der Waals surface area contributed by atoms with Crippen molar-refractivity contribution in [1.29, 1.82) is 0 Å². The van der Waals surface area contributed by atoms with Crippen molar-refractivity contribution < 1.29 is 0 Å². The van der Waals surface area contributed by atoms with Crippen LogP contribution in [-0.4, -0.2) is 4.98 Å². The average molecular weight is 237 g/mol. The first kappa shape index (κ1) is 10.8. The summed E-state index contributed by atoms with van der Waals surface area (Å²) in [5, 5.41) is 3.40. The first-order valence-corrected chi connectivity index (χ1v) is 7.08. The van der Waals surface area contributed by atoms with Gasteiger partial charge in [-0.2, -0.15) is 0 Å². The zero-order chi connectivity index (χ0) is 10.5. The number of thiophene rings is 1. The third-order valence-corrected chi connectivity index (χ3v) is 4.43. The largest absolute Gasteiger partial charge is 0.249 e. The second kappa shape index (κ2) is 5.42. The second-order valence-electron chi connectivity index (χ2n) is 3.55. The van der Waals surface area contributed by atoms with Gasteiger partial charge in [0, 0.05) is 11.1 Å². The normalized spacial score (nSPS) is 10.7. The molecular weight excluding hydrogens is 222 g/mol. The molecule has 2 aromatic heterocycles. The predicted molar refractivity (Wildman–Crippen MR) is 68.7 cm³/mol. The number of rotatable bonds is 5. The lowest BCUT2D eigenvalue weighted by Gasteiger charge is -1.93. The molecule has 2 heterocycles. The van der Waals surface area contributed by atoms with Gasteiger partial charge in [0.1, 0.15) is 0 Å². The summed E-state index contributed by atoms with van der Waals surface area (Å²) in [5.74, 6) is 0. The van der Waals surface area contributed by atoms with Crippen molar-refractivity contribution in [1.82, 2.24) is 4.98 Å². The van der Waals surface area contributed by atoms with E-state index in [0.29, 0.717) is 0 Å². The molecule has 0 saturated heterocycles. The molecule has 2 rings (SSSR count). The minimum Gasteiger partial charge on any atom is -0.249 e. The summed E-state index contributed by atoms with van der Waals surface area (Å²) >= 11 is 3.63. The van der Waals surface area contributed by atoms with Gasteiger partial charge in [0.25, 0.3) is 0 Å². The average Bonchev–Trinajstić information content (AvgIpc) is 2.87. The van der Waals surface area contributed by atoms with Crippen LogP contribution in [0.5, 0.6) is 0 Å². The van der Waals surface area contributed by atoms with Crippen molar-refractivity contribution >= 4 is 22.7 Å². The molecule has 0 spiro atoms. The molecule has 1 nitrogen and oxygen atoms in total. The minimum atomic E-state index is 1.14. The Morgan fingerprint density at radius 1 is 1.27 bits per heavy atom. The van der Waals surface area contributed by atoms with Gasteiger partial charge in [0.2, 0.25) is 0 Å². The molecule has 0 aliphatic heterocycles. The van der Waals surface area contributed by atoms with E-state index in [1.165, 1.54) is 34.0 Å². The van der Waals surface area contributed by atoms with Gasteiger partial charge in [-0.3, -0.25) is 0 Å². The summed E-state index contributed by atoms with van der Waals surface area (Å²) in [5.41, 5.74) is 0. The monoisotopic (exact) mass is 237 g/mol. The quantitative estimate of drug-likeness (QED) is 0.692. The molecule has 0 aliphatic rings. The van der Waals surface area contributed by atoms with Crippen LogP contribution in [0.15, 0.2) is 23.7 Å². The predicted octanol–water partition coefficient (Wildman–Crippen LogP) is 4.60. The highest BCUT2D eigenvalue weighted by molar-refractivity contribution is 7.21. The summed E-state index contributed by atoms with van der Waals surface area (Å²) in [6, 6.07) is 4.25. The highest BCUT2D eigenvalue weighted by Crippen LogP contribution is 2.30. The first-order chi connectivity index (χ1) is 7.40. The minimum absolute atomic E-state index is 1.14. The lowest BCUT2D eigenvalue weighted by Crippen LogP contribution is -1.81. The molecule has 0 saturated carbocycles. The van der Waals surface area contributed by atoms with E-state index in [1.807, 2.05) is 17.5 Å². The summed E-state index contributed by atoms with van der Waals surface area (Å²) in [6.45, 7) is 2.24. The van der Waals surface area contributed by atoms with Crippen LogP contribution in [0.2, 0.25) is 0 Å². The van der Waals surface area contributed by atoms with Crippen LogP contribution in [0.1, 0.15) is 31.2 Å². The van der Waals surface area contributed by atoms with Crippen LogP contribution in [-0.2, 0) is 6.42 Å². The van der Waals surface area contributed by atoms with Gasteiger partial charge in [0.15, 0.2) is 0 Å². The van der Waals surface area contributed by atoms with E-state index in [1.54, 1.807) is 11.3 Å². The smallest absolute Gasteiger partial charge is 0.0931 e. The van der Waals surface area contributed by atoms with E-state index in [-0.39, 0.29) is 0 Å². The zero-order valence-corrected chi connectivity index (χ0v) is 10.5. The molecule has 0 aliphatic carbocycles. The maximum absolute atomic E-state index is 4.47. The number of aryl methyl sites for hydroxylation is 1. The van der Waals surface area contributed by atoms with Gasteiger partial charge in [-0.05, 0) is 24.3 Å². The third-order valence-electron chi connectivity index (χ3n) is 2.31. The molecule has 0 radical (unpaired) electrons. The van der Waals surface area contributed by atoms with Gasteiger partial charge < -0.3 is 0 Å². The fourth-order valence-electron chi connectivity index (χ4n) is 1.48. The van der Waals surface area contributed by atoms with Crippen LogP contribution in [0, 0.1) is 0 Å². The van der Waals surface area contributed by atoms with Crippen molar-refractivity contribution in [2.75, 3.05) is 0 Å². The van der Waals surface area contributed by atoms with E-state index in [2.05, 4.69) is 29.4 Å². The Morgan fingerprint density at radius 2 is 2.20 bits per heavy atom. The van der Waals surface area contributed by atoms with E-state index < -0.39 is 0 Å². The lowest BCUT2D eigenvalue weighted by atomic mass is 10.2. The van der Waals surface area contributed by atoms with E-state index in [4.69, 9.17) is 0 Å². The molecule has 2 aromatic rings. The molecule has 0 amide bonds. The molecule has 0 atom stereocenters. The zero-order valence-electron chi connectivity index (χ0n) is 8.90. The van der Waals surface area contributed by atoms with Gasteiger partial charge in [-0.25, -0.2) is 4.98 Å². The maximum Gasteiger partial charge on any atom is 0.0931 e.